The molecule has 0 heterocycles. The maximum atomic E-state index is 12.9. The quantitative estimate of drug-likeness (QED) is 0.0261. The summed E-state index contributed by atoms with van der Waals surface area (Å²) in [7, 11) is 12.6. The van der Waals surface area contributed by atoms with Gasteiger partial charge in [0.1, 0.15) is 19.8 Å². The van der Waals surface area contributed by atoms with Crippen LogP contribution in [0.1, 0.15) is 188 Å². The topological polar surface area (TPSA) is 82.1 Å². The molecule has 0 aromatic rings. The number of hydrogen-bond donors (Lipinski definition) is 0. The number of nitrogens with zero attached hydrogens (tertiary/aromatic N) is 4. The molecular formula is C50H103N4O6+3. The summed E-state index contributed by atoms with van der Waals surface area (Å²) < 4.78 is 19.0. The molecule has 0 bridgehead atoms. The molecule has 0 amide bonds. The third kappa shape index (κ3) is 39.1. The monoisotopic (exact) mass is 856 g/mol. The molecule has 0 aliphatic rings. The van der Waals surface area contributed by atoms with E-state index in [1.165, 1.54) is 148 Å². The van der Waals surface area contributed by atoms with Crippen LogP contribution in [0, 0.1) is 0 Å². The lowest BCUT2D eigenvalue weighted by Crippen LogP contribution is -2.46. The first-order valence-corrected chi connectivity index (χ1v) is 25.3. The van der Waals surface area contributed by atoms with Crippen LogP contribution in [0.5, 0.6) is 0 Å². The SMILES string of the molecule is CCCCCCCCCCCC[N+](C)(C)CC(=O)OCCN(CCOC(=O)C[N+](C)(C)CCCCCCCCCC)CCOC(=O)C[N+](C)(C)CCCCCCCCCC. The molecule has 10 nitrogen and oxygen atoms in total. The standard InChI is InChI=1S/C50H103N4O6/c1-10-13-16-19-22-25-26-29-32-35-41-54(8,9)47-50(57)60-44-38-51(36-42-58-48(55)45-52(4,5)39-33-30-27-23-20-17-14-11-2)37-43-59-49(56)46-53(6,7)40-34-31-28-24-21-18-15-12-3/h10-47H2,1-9H3/q+3. The van der Waals surface area contributed by atoms with Crippen LogP contribution in [-0.2, 0) is 28.6 Å². The lowest BCUT2D eigenvalue weighted by Gasteiger charge is -2.29. The third-order valence-electron chi connectivity index (χ3n) is 12.0. The maximum Gasteiger partial charge on any atom is 0.361 e. The summed E-state index contributed by atoms with van der Waals surface area (Å²) in [5.41, 5.74) is 0. The number of ether oxygens (including phenoxy) is 3. The zero-order valence-corrected chi connectivity index (χ0v) is 41.6. The molecule has 0 atom stereocenters. The molecule has 10 heteroatoms. The predicted octanol–water partition coefficient (Wildman–Crippen LogP) is 10.3. The van der Waals surface area contributed by atoms with E-state index in [1.807, 2.05) is 0 Å². The fraction of sp³-hybridized carbons (Fsp3) is 0.940. The summed E-state index contributed by atoms with van der Waals surface area (Å²) >= 11 is 0. The van der Waals surface area contributed by atoms with Gasteiger partial charge >= 0.3 is 17.9 Å². The molecule has 0 unspecified atom stereocenters. The minimum atomic E-state index is -0.198. The third-order valence-corrected chi connectivity index (χ3v) is 12.0. The number of hydrogen-bond acceptors (Lipinski definition) is 7. The van der Waals surface area contributed by atoms with Gasteiger partial charge in [-0.1, -0.05) is 149 Å². The molecule has 0 N–H and O–H groups in total. The van der Waals surface area contributed by atoms with Gasteiger partial charge in [0, 0.05) is 19.6 Å². The van der Waals surface area contributed by atoms with Crippen molar-refractivity contribution in [1.29, 1.82) is 0 Å². The van der Waals surface area contributed by atoms with Crippen molar-refractivity contribution in [3.8, 4) is 0 Å². The second-order valence-corrected chi connectivity index (χ2v) is 20.1. The van der Waals surface area contributed by atoms with E-state index in [9.17, 15) is 14.4 Å². The van der Waals surface area contributed by atoms with E-state index in [-0.39, 0.29) is 37.7 Å². The Morgan fingerprint density at radius 1 is 0.333 bits per heavy atom. The molecule has 0 aliphatic heterocycles. The van der Waals surface area contributed by atoms with Crippen LogP contribution >= 0.6 is 0 Å². The van der Waals surface area contributed by atoms with E-state index >= 15 is 0 Å². The minimum Gasteiger partial charge on any atom is -0.460 e. The summed E-state index contributed by atoms with van der Waals surface area (Å²) in [6.45, 7) is 12.8. The zero-order chi connectivity index (χ0) is 44.8. The molecule has 0 spiro atoms. The normalized spacial score (nSPS) is 12.3. The van der Waals surface area contributed by atoms with Crippen molar-refractivity contribution in [2.45, 2.75) is 188 Å². The molecule has 0 fully saturated rings. The Labute approximate surface area is 372 Å². The summed E-state index contributed by atoms with van der Waals surface area (Å²) in [5, 5.41) is 0. The van der Waals surface area contributed by atoms with E-state index < -0.39 is 0 Å². The van der Waals surface area contributed by atoms with E-state index in [2.05, 4.69) is 68.0 Å². The van der Waals surface area contributed by atoms with Crippen molar-refractivity contribution in [3.63, 3.8) is 0 Å². The van der Waals surface area contributed by atoms with Gasteiger partial charge in [-0.25, -0.2) is 14.4 Å². The molecule has 0 aromatic heterocycles. The van der Waals surface area contributed by atoms with Crippen LogP contribution in [0.25, 0.3) is 0 Å². The highest BCUT2D eigenvalue weighted by Gasteiger charge is 2.24. The minimum absolute atomic E-state index is 0.196. The maximum absolute atomic E-state index is 12.9. The van der Waals surface area contributed by atoms with Crippen LogP contribution in [0.3, 0.4) is 0 Å². The number of rotatable bonds is 44. The zero-order valence-electron chi connectivity index (χ0n) is 41.6. The fourth-order valence-electron chi connectivity index (χ4n) is 8.00. The van der Waals surface area contributed by atoms with Crippen molar-refractivity contribution < 1.29 is 42.0 Å². The largest absolute Gasteiger partial charge is 0.460 e. The van der Waals surface area contributed by atoms with Crippen molar-refractivity contribution >= 4 is 17.9 Å². The van der Waals surface area contributed by atoms with Gasteiger partial charge in [-0.3, -0.25) is 4.90 Å². The number of esters is 3. The first kappa shape index (κ1) is 58.2. The van der Waals surface area contributed by atoms with Gasteiger partial charge in [0.15, 0.2) is 19.6 Å². The van der Waals surface area contributed by atoms with Gasteiger partial charge in [0.2, 0.25) is 0 Å². The Balaban J connectivity index is 4.85. The highest BCUT2D eigenvalue weighted by Crippen LogP contribution is 2.14. The summed E-state index contributed by atoms with van der Waals surface area (Å²) in [6.07, 6.45) is 33.3. The Morgan fingerprint density at radius 3 is 0.750 bits per heavy atom. The van der Waals surface area contributed by atoms with Crippen LogP contribution in [0.2, 0.25) is 0 Å². The fourth-order valence-corrected chi connectivity index (χ4v) is 8.00. The van der Waals surface area contributed by atoms with E-state index in [4.69, 9.17) is 14.2 Å². The summed E-state index contributed by atoms with van der Waals surface area (Å²) in [6, 6.07) is 0. The Hall–Kier alpha value is -1.75. The molecule has 0 rings (SSSR count). The van der Waals surface area contributed by atoms with Gasteiger partial charge in [0.25, 0.3) is 0 Å². The van der Waals surface area contributed by atoms with E-state index in [1.54, 1.807) is 0 Å². The smallest absolute Gasteiger partial charge is 0.361 e. The molecule has 60 heavy (non-hydrogen) atoms. The first-order chi connectivity index (χ1) is 28.6. The Bertz CT molecular complexity index is 984. The number of unbranched alkanes of at least 4 members (excludes halogenated alkanes) is 23. The predicted molar refractivity (Wildman–Crippen MR) is 252 cm³/mol. The Kier molecular flexibility index (Phi) is 36.7. The lowest BCUT2D eigenvalue weighted by molar-refractivity contribution is -0.883. The van der Waals surface area contributed by atoms with Gasteiger partial charge in [-0.05, 0) is 38.5 Å². The Morgan fingerprint density at radius 2 is 0.533 bits per heavy atom. The van der Waals surface area contributed by atoms with E-state index in [0.29, 0.717) is 52.7 Å². The van der Waals surface area contributed by atoms with Gasteiger partial charge in [-0.15, -0.1) is 0 Å². The van der Waals surface area contributed by atoms with Gasteiger partial charge in [0.05, 0.1) is 61.9 Å². The second-order valence-electron chi connectivity index (χ2n) is 20.1. The summed E-state index contributed by atoms with van der Waals surface area (Å²) in [5.74, 6) is -0.592. The van der Waals surface area contributed by atoms with Gasteiger partial charge < -0.3 is 27.7 Å². The average molecular weight is 856 g/mol. The van der Waals surface area contributed by atoms with Crippen LogP contribution in [0.15, 0.2) is 0 Å². The van der Waals surface area contributed by atoms with Crippen LogP contribution in [-0.4, -0.2) is 157 Å². The van der Waals surface area contributed by atoms with Crippen molar-refractivity contribution in [1.82, 2.24) is 4.90 Å². The molecular weight excluding hydrogens is 753 g/mol. The molecule has 0 saturated heterocycles. The number of likely N-dealkylation sites (N-methyl/N-ethyl adjacent to an activating group) is 3. The van der Waals surface area contributed by atoms with Crippen molar-refractivity contribution in [2.24, 2.45) is 0 Å². The highest BCUT2D eigenvalue weighted by molar-refractivity contribution is 5.71. The average Bonchev–Trinajstić information content (AvgIpc) is 3.16. The summed E-state index contributed by atoms with van der Waals surface area (Å²) in [4.78, 5) is 40.8. The molecule has 0 aromatic carbocycles. The van der Waals surface area contributed by atoms with Crippen LogP contribution in [0.4, 0.5) is 0 Å². The molecule has 356 valence electrons. The highest BCUT2D eigenvalue weighted by atomic mass is 16.5. The number of carbonyl (C=O) groups is 3. The lowest BCUT2D eigenvalue weighted by atomic mass is 10.1. The van der Waals surface area contributed by atoms with Crippen molar-refractivity contribution in [2.75, 3.05) is 121 Å². The second kappa shape index (κ2) is 37.8. The molecule has 0 aliphatic carbocycles. The number of quaternary nitrogens is 3. The first-order valence-electron chi connectivity index (χ1n) is 25.3. The van der Waals surface area contributed by atoms with E-state index in [0.717, 1.165) is 38.9 Å². The van der Waals surface area contributed by atoms with Gasteiger partial charge in [-0.2, -0.15) is 0 Å². The molecule has 0 radical (unpaired) electrons. The number of carbonyl (C=O) groups excluding carboxylic acids is 3. The van der Waals surface area contributed by atoms with Crippen LogP contribution < -0.4 is 0 Å². The van der Waals surface area contributed by atoms with Crippen molar-refractivity contribution in [3.05, 3.63) is 0 Å². The molecule has 0 saturated carbocycles.